The van der Waals surface area contributed by atoms with Gasteiger partial charge in [0.25, 0.3) is 0 Å². The van der Waals surface area contributed by atoms with Gasteiger partial charge in [-0.1, -0.05) is 0 Å². The maximum atomic E-state index is 11.8. The maximum Gasteiger partial charge on any atom is 0.412 e. The minimum Gasteiger partial charge on any atom is -0.496 e. The Morgan fingerprint density at radius 3 is 2.42 bits per heavy atom. The second kappa shape index (κ2) is 6.92. The van der Waals surface area contributed by atoms with Crippen molar-refractivity contribution in [2.75, 3.05) is 12.4 Å². The van der Waals surface area contributed by atoms with Gasteiger partial charge in [0.05, 0.1) is 7.11 Å². The molecule has 2 rings (SSSR count). The number of aromatic carboxylic acids is 1. The molecule has 0 atom stereocenters. The van der Waals surface area contributed by atoms with Crippen molar-refractivity contribution in [3.8, 4) is 16.2 Å². The second-order valence-electron chi connectivity index (χ2n) is 6.01. The lowest BCUT2D eigenvalue weighted by molar-refractivity contribution is 0.0634. The van der Waals surface area contributed by atoms with Crippen molar-refractivity contribution < 1.29 is 24.2 Å². The first-order valence-corrected chi connectivity index (χ1v) is 8.03. The summed E-state index contributed by atoms with van der Waals surface area (Å²) in [6, 6.07) is 8.42. The average molecular weight is 349 g/mol. The van der Waals surface area contributed by atoms with Gasteiger partial charge in [0.15, 0.2) is 0 Å². The number of amides is 1. The number of rotatable bonds is 4. The maximum absolute atomic E-state index is 11.8. The third-order valence-corrected chi connectivity index (χ3v) is 4.04. The van der Waals surface area contributed by atoms with Gasteiger partial charge in [-0.25, -0.2) is 9.59 Å². The normalized spacial score (nSPS) is 11.0. The Balaban J connectivity index is 2.24. The molecule has 0 aliphatic rings. The highest BCUT2D eigenvalue weighted by Crippen LogP contribution is 2.36. The lowest BCUT2D eigenvalue weighted by atomic mass is 10.1. The van der Waals surface area contributed by atoms with Crippen molar-refractivity contribution >= 4 is 29.1 Å². The molecule has 6 nitrogen and oxygen atoms in total. The molecule has 2 aromatic rings. The van der Waals surface area contributed by atoms with Crippen LogP contribution in [0.2, 0.25) is 0 Å². The lowest BCUT2D eigenvalue weighted by Gasteiger charge is -2.20. The van der Waals surface area contributed by atoms with Crippen LogP contribution < -0.4 is 10.1 Å². The van der Waals surface area contributed by atoms with Crippen LogP contribution in [0.15, 0.2) is 30.3 Å². The summed E-state index contributed by atoms with van der Waals surface area (Å²) in [7, 11) is 1.52. The lowest BCUT2D eigenvalue weighted by Crippen LogP contribution is -2.27. The van der Waals surface area contributed by atoms with E-state index in [4.69, 9.17) is 14.6 Å². The van der Waals surface area contributed by atoms with Crippen LogP contribution in [0.4, 0.5) is 10.5 Å². The molecule has 1 aromatic carbocycles. The predicted molar refractivity (Wildman–Crippen MR) is 93.1 cm³/mol. The molecule has 1 heterocycles. The van der Waals surface area contributed by atoms with Crippen molar-refractivity contribution in [2.24, 2.45) is 0 Å². The fourth-order valence-electron chi connectivity index (χ4n) is 1.99. The molecule has 1 amide bonds. The Labute approximate surface area is 144 Å². The van der Waals surface area contributed by atoms with Gasteiger partial charge in [0, 0.05) is 22.2 Å². The van der Waals surface area contributed by atoms with Crippen LogP contribution in [-0.4, -0.2) is 29.9 Å². The molecule has 128 valence electrons. The van der Waals surface area contributed by atoms with E-state index in [2.05, 4.69) is 5.32 Å². The third kappa shape index (κ3) is 4.48. The van der Waals surface area contributed by atoms with E-state index >= 15 is 0 Å². The number of methoxy groups -OCH3 is 1. The molecule has 0 aliphatic carbocycles. The number of carbonyl (C=O) groups is 2. The molecule has 2 N–H and O–H groups in total. The summed E-state index contributed by atoms with van der Waals surface area (Å²) >= 11 is 1.16. The summed E-state index contributed by atoms with van der Waals surface area (Å²) in [5, 5.41) is 11.7. The fourth-order valence-corrected chi connectivity index (χ4v) is 2.87. The van der Waals surface area contributed by atoms with Gasteiger partial charge in [0.2, 0.25) is 0 Å². The molecule has 0 saturated heterocycles. The van der Waals surface area contributed by atoms with E-state index in [1.165, 1.54) is 7.11 Å². The number of ether oxygens (including phenoxy) is 2. The number of thiophene rings is 1. The first kappa shape index (κ1) is 17.8. The minimum atomic E-state index is -0.964. The topological polar surface area (TPSA) is 84.9 Å². The molecular formula is C17H19NO5S. The number of hydrogen-bond acceptors (Lipinski definition) is 5. The summed E-state index contributed by atoms with van der Waals surface area (Å²) in [6.45, 7) is 5.35. The summed E-state index contributed by atoms with van der Waals surface area (Å²) in [4.78, 5) is 23.9. The first-order valence-electron chi connectivity index (χ1n) is 7.21. The number of anilines is 1. The van der Waals surface area contributed by atoms with Gasteiger partial charge in [-0.15, -0.1) is 11.3 Å². The molecule has 24 heavy (non-hydrogen) atoms. The number of carboxylic acid groups (broad SMARTS) is 1. The SMILES string of the molecule is COc1cc(NC(=O)OC(C)(C)C)ccc1-c1ccc(C(=O)O)s1. The van der Waals surface area contributed by atoms with E-state index in [0.717, 1.165) is 21.8 Å². The monoisotopic (exact) mass is 349 g/mol. The van der Waals surface area contributed by atoms with Gasteiger partial charge < -0.3 is 14.6 Å². The number of hydrogen-bond donors (Lipinski definition) is 2. The van der Waals surface area contributed by atoms with E-state index in [1.807, 2.05) is 0 Å². The van der Waals surface area contributed by atoms with Crippen LogP contribution in [0.1, 0.15) is 30.4 Å². The first-order chi connectivity index (χ1) is 11.2. The van der Waals surface area contributed by atoms with Crippen molar-refractivity contribution in [3.05, 3.63) is 35.2 Å². The highest BCUT2D eigenvalue weighted by atomic mass is 32.1. The molecular weight excluding hydrogens is 330 g/mol. The van der Waals surface area contributed by atoms with E-state index in [9.17, 15) is 9.59 Å². The van der Waals surface area contributed by atoms with Gasteiger partial charge in [-0.3, -0.25) is 5.32 Å². The van der Waals surface area contributed by atoms with Crippen LogP contribution in [0.3, 0.4) is 0 Å². The van der Waals surface area contributed by atoms with E-state index in [0.29, 0.717) is 11.4 Å². The number of nitrogens with one attached hydrogen (secondary N) is 1. The second-order valence-corrected chi connectivity index (χ2v) is 7.09. The van der Waals surface area contributed by atoms with E-state index in [-0.39, 0.29) is 4.88 Å². The quantitative estimate of drug-likeness (QED) is 0.851. The van der Waals surface area contributed by atoms with Crippen molar-refractivity contribution in [1.29, 1.82) is 0 Å². The minimum absolute atomic E-state index is 0.253. The van der Waals surface area contributed by atoms with Gasteiger partial charge in [-0.2, -0.15) is 0 Å². The number of carbonyl (C=O) groups excluding carboxylic acids is 1. The van der Waals surface area contributed by atoms with Crippen LogP contribution in [0.5, 0.6) is 5.75 Å². The molecule has 0 fully saturated rings. The van der Waals surface area contributed by atoms with E-state index in [1.54, 1.807) is 51.1 Å². The Morgan fingerprint density at radius 2 is 1.88 bits per heavy atom. The summed E-state index contributed by atoms with van der Waals surface area (Å²) in [6.07, 6.45) is -0.554. The van der Waals surface area contributed by atoms with Crippen LogP contribution in [-0.2, 0) is 4.74 Å². The highest BCUT2D eigenvalue weighted by Gasteiger charge is 2.17. The zero-order valence-corrected chi connectivity index (χ0v) is 14.7. The third-order valence-electron chi connectivity index (χ3n) is 2.93. The molecule has 0 unspecified atom stereocenters. The van der Waals surface area contributed by atoms with Crippen molar-refractivity contribution in [3.63, 3.8) is 0 Å². The predicted octanol–water partition coefficient (Wildman–Crippen LogP) is 4.47. The number of carboxylic acids is 1. The zero-order chi connectivity index (χ0) is 17.9. The molecule has 7 heteroatoms. The van der Waals surface area contributed by atoms with Gasteiger partial charge >= 0.3 is 12.1 Å². The zero-order valence-electron chi connectivity index (χ0n) is 13.9. The standard InChI is InChI=1S/C17H19NO5S/c1-17(2,3)23-16(21)18-10-5-6-11(12(9-10)22-4)13-7-8-14(24-13)15(19)20/h5-9H,1-4H3,(H,18,21)(H,19,20). The molecule has 0 spiro atoms. The Morgan fingerprint density at radius 1 is 1.17 bits per heavy atom. The molecule has 0 radical (unpaired) electrons. The molecule has 0 saturated carbocycles. The number of benzene rings is 1. The summed E-state index contributed by atoms with van der Waals surface area (Å²) < 4.78 is 10.6. The largest absolute Gasteiger partial charge is 0.496 e. The highest BCUT2D eigenvalue weighted by molar-refractivity contribution is 7.17. The van der Waals surface area contributed by atoms with Crippen LogP contribution >= 0.6 is 11.3 Å². The van der Waals surface area contributed by atoms with Crippen LogP contribution in [0, 0.1) is 0 Å². The average Bonchev–Trinajstić information content (AvgIpc) is 2.94. The Bertz CT molecular complexity index is 761. The van der Waals surface area contributed by atoms with Gasteiger partial charge in [0.1, 0.15) is 16.2 Å². The van der Waals surface area contributed by atoms with Crippen LogP contribution in [0.25, 0.3) is 10.4 Å². The molecule has 0 bridgehead atoms. The molecule has 1 aromatic heterocycles. The van der Waals surface area contributed by atoms with Crippen molar-refractivity contribution in [2.45, 2.75) is 26.4 Å². The smallest absolute Gasteiger partial charge is 0.412 e. The van der Waals surface area contributed by atoms with Crippen molar-refractivity contribution in [1.82, 2.24) is 0 Å². The molecule has 0 aliphatic heterocycles. The Kier molecular flexibility index (Phi) is 5.14. The Hall–Kier alpha value is -2.54. The van der Waals surface area contributed by atoms with Gasteiger partial charge in [-0.05, 0) is 45.0 Å². The summed E-state index contributed by atoms with van der Waals surface area (Å²) in [5.41, 5.74) is 0.697. The van der Waals surface area contributed by atoms with E-state index < -0.39 is 17.7 Å². The summed E-state index contributed by atoms with van der Waals surface area (Å²) in [5.74, 6) is -0.434. The fraction of sp³-hybridized carbons (Fsp3) is 0.294.